The maximum atomic E-state index is 14.4. The number of hydrogen-bond donors (Lipinski definition) is 2. The first-order chi connectivity index (χ1) is 18.3. The number of nitrogens with one attached hydrogen (secondary N) is 1. The van der Waals surface area contributed by atoms with Gasteiger partial charge in [0.15, 0.2) is 18.8 Å². The first-order valence-corrected chi connectivity index (χ1v) is 15.6. The molecule has 3 atom stereocenters. The lowest BCUT2D eigenvalue weighted by Crippen LogP contribution is -2.30. The van der Waals surface area contributed by atoms with Gasteiger partial charge in [-0.1, -0.05) is 24.6 Å². The Morgan fingerprint density at radius 3 is 2.69 bits per heavy atom. The van der Waals surface area contributed by atoms with E-state index in [0.717, 1.165) is 17.5 Å². The third-order valence-electron chi connectivity index (χ3n) is 6.67. The zero-order valence-electron chi connectivity index (χ0n) is 23.6. The molecule has 10 nitrogen and oxygen atoms in total. The number of carbonyl (C=O) groups excluding carboxylic acids is 1. The van der Waals surface area contributed by atoms with E-state index in [9.17, 15) is 9.36 Å². The van der Waals surface area contributed by atoms with Crippen LogP contribution in [-0.2, 0) is 25.4 Å². The third-order valence-corrected chi connectivity index (χ3v) is 9.27. The van der Waals surface area contributed by atoms with Crippen molar-refractivity contribution in [3.63, 3.8) is 0 Å². The van der Waals surface area contributed by atoms with Gasteiger partial charge >= 0.3 is 5.97 Å². The molecule has 39 heavy (non-hydrogen) atoms. The molecule has 0 fully saturated rings. The molecule has 2 heterocycles. The molecule has 3 rings (SSSR count). The van der Waals surface area contributed by atoms with Crippen molar-refractivity contribution < 1.29 is 18.8 Å². The fourth-order valence-electron chi connectivity index (χ4n) is 4.28. The van der Waals surface area contributed by atoms with Crippen molar-refractivity contribution in [1.82, 2.24) is 24.6 Å². The minimum absolute atomic E-state index is 0.00498. The zero-order chi connectivity index (χ0) is 28.8. The van der Waals surface area contributed by atoms with E-state index in [2.05, 4.69) is 20.0 Å². The number of nitrogens with two attached hydrogens (primary N) is 1. The Bertz CT molecular complexity index is 1330. The van der Waals surface area contributed by atoms with Crippen LogP contribution >= 0.6 is 18.9 Å². The van der Waals surface area contributed by atoms with Crippen LogP contribution in [0.5, 0.6) is 0 Å². The van der Waals surface area contributed by atoms with Crippen LogP contribution in [0.1, 0.15) is 64.6 Å². The molecule has 0 spiro atoms. The average Bonchev–Trinajstić information content (AvgIpc) is 3.28. The van der Waals surface area contributed by atoms with Gasteiger partial charge in [0.1, 0.15) is 18.2 Å². The number of nitrogen functional groups attached to an aromatic ring is 1. The number of halogens is 1. The quantitative estimate of drug-likeness (QED) is 0.181. The van der Waals surface area contributed by atoms with Gasteiger partial charge in [-0.2, -0.15) is 0 Å². The fourth-order valence-corrected chi connectivity index (χ4v) is 7.10. The van der Waals surface area contributed by atoms with Crippen molar-refractivity contribution in [2.75, 3.05) is 24.9 Å². The number of rotatable bonds is 14. The Labute approximate surface area is 235 Å². The van der Waals surface area contributed by atoms with E-state index in [1.165, 1.54) is 6.33 Å². The molecule has 1 aromatic carbocycles. The van der Waals surface area contributed by atoms with Gasteiger partial charge in [-0.3, -0.25) is 9.88 Å². The lowest BCUT2D eigenvalue weighted by Gasteiger charge is -2.29. The van der Waals surface area contributed by atoms with Gasteiger partial charge < -0.3 is 24.3 Å². The molecule has 0 saturated carbocycles. The molecule has 0 radical (unpaired) electrons. The highest BCUT2D eigenvalue weighted by atomic mass is 35.5. The molecule has 0 bridgehead atoms. The van der Waals surface area contributed by atoms with Gasteiger partial charge in [0.05, 0.1) is 31.0 Å². The number of carbonyl (C=O) groups is 1. The minimum atomic E-state index is -3.12. The van der Waals surface area contributed by atoms with E-state index in [-0.39, 0.29) is 30.6 Å². The molecule has 12 heteroatoms. The average molecular weight is 579 g/mol. The van der Waals surface area contributed by atoms with Crippen LogP contribution in [0.25, 0.3) is 11.2 Å². The lowest BCUT2D eigenvalue weighted by atomic mass is 9.90. The minimum Gasteiger partial charge on any atom is -0.465 e. The second-order valence-electron chi connectivity index (χ2n) is 10.7. The number of fused-ring (bicyclic) bond motifs is 1. The number of ether oxygens (including phenoxy) is 2. The van der Waals surface area contributed by atoms with E-state index in [4.69, 9.17) is 26.8 Å². The van der Waals surface area contributed by atoms with Crippen LogP contribution in [0.15, 0.2) is 30.9 Å². The SMILES string of the molecule is CCCOC(=O)C(C)(C)CCP(=O)(CO[C@H](C)Cn1cnc2c(N)ncnc21)N[C@@H](C)c1ccc(Cl)cc1C. The standard InChI is InChI=1S/C27H40ClN6O4P/c1-7-11-37-26(35)27(5,6)10-12-39(36,33-20(4)22-9-8-21(28)13-18(22)2)17-38-19(3)14-34-16-32-23-24(29)30-15-31-25(23)34/h8-9,13,15-16,19-20H,7,10-12,14,17H2,1-6H3,(H,33,36)(H2,29,30,31)/t19-,20+,39?/m1/s1. The molecule has 0 aliphatic rings. The molecular weight excluding hydrogens is 539 g/mol. The lowest BCUT2D eigenvalue weighted by molar-refractivity contribution is -0.154. The first kappa shape index (κ1) is 31.0. The van der Waals surface area contributed by atoms with Crippen molar-refractivity contribution in [2.45, 2.75) is 73.1 Å². The van der Waals surface area contributed by atoms with Crippen LogP contribution in [0.3, 0.4) is 0 Å². The van der Waals surface area contributed by atoms with Gasteiger partial charge in [-0.05, 0) is 70.7 Å². The Morgan fingerprint density at radius 1 is 1.26 bits per heavy atom. The summed E-state index contributed by atoms with van der Waals surface area (Å²) in [6, 6.07) is 5.42. The van der Waals surface area contributed by atoms with E-state index < -0.39 is 12.7 Å². The fraction of sp³-hybridized carbons (Fsp3) is 0.556. The summed E-state index contributed by atoms with van der Waals surface area (Å²) in [5.74, 6) is 0.0209. The summed E-state index contributed by atoms with van der Waals surface area (Å²) < 4.78 is 27.7. The van der Waals surface area contributed by atoms with E-state index in [1.807, 2.05) is 64.3 Å². The molecule has 0 saturated heterocycles. The topological polar surface area (TPSA) is 134 Å². The zero-order valence-corrected chi connectivity index (χ0v) is 25.3. The number of esters is 1. The van der Waals surface area contributed by atoms with Crippen molar-refractivity contribution in [1.29, 1.82) is 0 Å². The second kappa shape index (κ2) is 13.2. The molecule has 0 amide bonds. The van der Waals surface area contributed by atoms with Gasteiger partial charge in [0, 0.05) is 17.2 Å². The van der Waals surface area contributed by atoms with Gasteiger partial charge in [-0.15, -0.1) is 0 Å². The maximum absolute atomic E-state index is 14.4. The Morgan fingerprint density at radius 2 is 2.00 bits per heavy atom. The molecular formula is C27H40ClN6O4P. The van der Waals surface area contributed by atoms with Crippen LogP contribution in [0.2, 0.25) is 5.02 Å². The Hall–Kier alpha value is -2.52. The normalized spacial score (nSPS) is 15.2. The molecule has 214 valence electrons. The van der Waals surface area contributed by atoms with Gasteiger partial charge in [0.2, 0.25) is 0 Å². The van der Waals surface area contributed by atoms with E-state index in [0.29, 0.717) is 41.6 Å². The monoisotopic (exact) mass is 578 g/mol. The molecule has 2 aromatic heterocycles. The van der Waals surface area contributed by atoms with Crippen molar-refractivity contribution in [3.05, 3.63) is 47.0 Å². The summed E-state index contributed by atoms with van der Waals surface area (Å²) >= 11 is 6.15. The predicted molar refractivity (Wildman–Crippen MR) is 155 cm³/mol. The van der Waals surface area contributed by atoms with E-state index >= 15 is 0 Å². The van der Waals surface area contributed by atoms with E-state index in [1.54, 1.807) is 6.33 Å². The number of benzene rings is 1. The summed E-state index contributed by atoms with van der Waals surface area (Å²) in [4.78, 5) is 25.2. The summed E-state index contributed by atoms with van der Waals surface area (Å²) in [6.07, 6.45) is 4.12. The highest BCUT2D eigenvalue weighted by Gasteiger charge is 2.34. The Kier molecular flexibility index (Phi) is 10.5. The predicted octanol–water partition coefficient (Wildman–Crippen LogP) is 5.73. The second-order valence-corrected chi connectivity index (χ2v) is 13.8. The summed E-state index contributed by atoms with van der Waals surface area (Å²) in [6.45, 7) is 12.2. The third kappa shape index (κ3) is 8.24. The number of aryl methyl sites for hydroxylation is 1. The molecule has 3 aromatic rings. The van der Waals surface area contributed by atoms with Crippen LogP contribution in [-0.4, -0.2) is 50.7 Å². The summed E-state index contributed by atoms with van der Waals surface area (Å²) in [7, 11) is -3.12. The van der Waals surface area contributed by atoms with Crippen molar-refractivity contribution >= 4 is 41.8 Å². The first-order valence-electron chi connectivity index (χ1n) is 13.2. The largest absolute Gasteiger partial charge is 0.465 e. The molecule has 3 N–H and O–H groups in total. The number of anilines is 1. The van der Waals surface area contributed by atoms with Gasteiger partial charge in [0.25, 0.3) is 0 Å². The van der Waals surface area contributed by atoms with Crippen LogP contribution in [0, 0.1) is 12.3 Å². The highest BCUT2D eigenvalue weighted by molar-refractivity contribution is 7.61. The van der Waals surface area contributed by atoms with Crippen LogP contribution < -0.4 is 10.8 Å². The Balaban J connectivity index is 1.75. The molecule has 1 unspecified atom stereocenters. The van der Waals surface area contributed by atoms with Crippen molar-refractivity contribution in [3.8, 4) is 0 Å². The highest BCUT2D eigenvalue weighted by Crippen LogP contribution is 2.47. The molecule has 0 aliphatic heterocycles. The number of nitrogens with zero attached hydrogens (tertiary/aromatic N) is 4. The summed E-state index contributed by atoms with van der Waals surface area (Å²) in [5, 5.41) is 4.00. The maximum Gasteiger partial charge on any atom is 0.311 e. The van der Waals surface area contributed by atoms with Crippen molar-refractivity contribution in [2.24, 2.45) is 5.41 Å². The number of hydrogen-bond acceptors (Lipinski definition) is 8. The summed E-state index contributed by atoms with van der Waals surface area (Å²) in [5.41, 5.74) is 8.25. The van der Waals surface area contributed by atoms with Crippen LogP contribution in [0.4, 0.5) is 5.82 Å². The number of aromatic nitrogens is 4. The number of imidazole rings is 1. The van der Waals surface area contributed by atoms with Gasteiger partial charge in [-0.25, -0.2) is 15.0 Å². The molecule has 0 aliphatic carbocycles. The smallest absolute Gasteiger partial charge is 0.311 e.